The van der Waals surface area contributed by atoms with Gasteiger partial charge < -0.3 is 5.32 Å². The number of hydrogen-bond donors (Lipinski definition) is 1. The molecule has 0 aliphatic carbocycles. The summed E-state index contributed by atoms with van der Waals surface area (Å²) in [4.78, 5) is 0. The molecule has 84 valence electrons. The van der Waals surface area contributed by atoms with E-state index >= 15 is 0 Å². The minimum absolute atomic E-state index is 0.200. The highest BCUT2D eigenvalue weighted by molar-refractivity contribution is 6.30. The van der Waals surface area contributed by atoms with E-state index < -0.39 is 0 Å². The second-order valence-corrected chi connectivity index (χ2v) is 5.10. The molecule has 1 nitrogen and oxygen atoms in total. The van der Waals surface area contributed by atoms with Crippen LogP contribution in [0.5, 0.6) is 0 Å². The van der Waals surface area contributed by atoms with Crippen molar-refractivity contribution < 1.29 is 0 Å². The molecule has 0 amide bonds. The van der Waals surface area contributed by atoms with Crippen molar-refractivity contribution in [3.05, 3.63) is 34.3 Å². The normalized spacial score (nSPS) is 11.8. The van der Waals surface area contributed by atoms with E-state index in [9.17, 15) is 0 Å². The van der Waals surface area contributed by atoms with Gasteiger partial charge in [0.05, 0.1) is 0 Å². The number of nitrogens with one attached hydrogen (secondary N) is 1. The van der Waals surface area contributed by atoms with Gasteiger partial charge in [-0.25, -0.2) is 0 Å². The van der Waals surface area contributed by atoms with Gasteiger partial charge in [-0.3, -0.25) is 0 Å². The van der Waals surface area contributed by atoms with Crippen LogP contribution in [0.25, 0.3) is 0 Å². The van der Waals surface area contributed by atoms with Crippen LogP contribution >= 0.6 is 11.6 Å². The Bertz CT molecular complexity index is 331. The molecule has 0 atom stereocenters. The standard InChI is InChI=1S/C13H20ClN/c1-5-13(3,4)15-9-11-6-7-12(14)8-10(11)2/h6-8,15H,5,9H2,1-4H3. The zero-order chi connectivity index (χ0) is 11.5. The van der Waals surface area contributed by atoms with Gasteiger partial charge in [0, 0.05) is 17.1 Å². The monoisotopic (exact) mass is 225 g/mol. The molecule has 0 bridgehead atoms. The van der Waals surface area contributed by atoms with Crippen molar-refractivity contribution in [2.75, 3.05) is 0 Å². The zero-order valence-electron chi connectivity index (χ0n) is 10.0. The smallest absolute Gasteiger partial charge is 0.0408 e. The molecule has 0 aliphatic heterocycles. The van der Waals surface area contributed by atoms with Gasteiger partial charge in [-0.15, -0.1) is 0 Å². The Balaban J connectivity index is 2.66. The molecule has 0 fully saturated rings. The van der Waals surface area contributed by atoms with Gasteiger partial charge in [0.2, 0.25) is 0 Å². The first-order valence-corrected chi connectivity index (χ1v) is 5.82. The van der Waals surface area contributed by atoms with Crippen LogP contribution in [-0.4, -0.2) is 5.54 Å². The fourth-order valence-corrected chi connectivity index (χ4v) is 1.54. The predicted octanol–water partition coefficient (Wildman–Crippen LogP) is 3.93. The molecule has 0 saturated carbocycles. The molecule has 0 spiro atoms. The van der Waals surface area contributed by atoms with Crippen LogP contribution in [0.4, 0.5) is 0 Å². The molecule has 0 aromatic heterocycles. The van der Waals surface area contributed by atoms with E-state index in [0.717, 1.165) is 18.0 Å². The Morgan fingerprint density at radius 2 is 2.00 bits per heavy atom. The van der Waals surface area contributed by atoms with E-state index in [1.165, 1.54) is 11.1 Å². The summed E-state index contributed by atoms with van der Waals surface area (Å²) < 4.78 is 0. The molecule has 0 saturated heterocycles. The average Bonchev–Trinajstić information content (AvgIpc) is 2.16. The highest BCUT2D eigenvalue weighted by Gasteiger charge is 2.13. The Labute approximate surface area is 97.8 Å². The van der Waals surface area contributed by atoms with Crippen molar-refractivity contribution >= 4 is 11.6 Å². The summed E-state index contributed by atoms with van der Waals surface area (Å²) in [5.41, 5.74) is 2.77. The lowest BCUT2D eigenvalue weighted by molar-refractivity contribution is 0.374. The Hall–Kier alpha value is -0.530. The van der Waals surface area contributed by atoms with Crippen molar-refractivity contribution in [3.63, 3.8) is 0 Å². The van der Waals surface area contributed by atoms with Crippen LogP contribution in [-0.2, 0) is 6.54 Å². The minimum atomic E-state index is 0.200. The molecule has 15 heavy (non-hydrogen) atoms. The highest BCUT2D eigenvalue weighted by atomic mass is 35.5. The first-order chi connectivity index (χ1) is 6.94. The molecular formula is C13H20ClN. The molecule has 0 radical (unpaired) electrons. The summed E-state index contributed by atoms with van der Waals surface area (Å²) in [6.07, 6.45) is 1.12. The number of rotatable bonds is 4. The quantitative estimate of drug-likeness (QED) is 0.819. The summed E-state index contributed by atoms with van der Waals surface area (Å²) in [5.74, 6) is 0. The van der Waals surface area contributed by atoms with E-state index in [4.69, 9.17) is 11.6 Å². The van der Waals surface area contributed by atoms with Crippen molar-refractivity contribution in [2.24, 2.45) is 0 Å². The second-order valence-electron chi connectivity index (χ2n) is 4.66. The van der Waals surface area contributed by atoms with Crippen LogP contribution < -0.4 is 5.32 Å². The van der Waals surface area contributed by atoms with Gasteiger partial charge in [-0.1, -0.05) is 24.6 Å². The van der Waals surface area contributed by atoms with Crippen molar-refractivity contribution in [1.29, 1.82) is 0 Å². The maximum absolute atomic E-state index is 5.91. The van der Waals surface area contributed by atoms with E-state index in [2.05, 4.69) is 39.1 Å². The second kappa shape index (κ2) is 5.00. The number of benzene rings is 1. The van der Waals surface area contributed by atoms with E-state index in [1.54, 1.807) is 0 Å². The van der Waals surface area contributed by atoms with Crippen LogP contribution in [0, 0.1) is 6.92 Å². The van der Waals surface area contributed by atoms with Gasteiger partial charge in [0.1, 0.15) is 0 Å². The van der Waals surface area contributed by atoms with Gasteiger partial charge in [0.15, 0.2) is 0 Å². The third-order valence-electron chi connectivity index (χ3n) is 2.95. The van der Waals surface area contributed by atoms with Crippen molar-refractivity contribution in [2.45, 2.75) is 46.2 Å². The van der Waals surface area contributed by atoms with Crippen LogP contribution in [0.2, 0.25) is 5.02 Å². The number of hydrogen-bond acceptors (Lipinski definition) is 1. The molecular weight excluding hydrogens is 206 g/mol. The Morgan fingerprint density at radius 1 is 1.33 bits per heavy atom. The minimum Gasteiger partial charge on any atom is -0.308 e. The molecule has 2 heteroatoms. The first-order valence-electron chi connectivity index (χ1n) is 5.44. The van der Waals surface area contributed by atoms with E-state index in [-0.39, 0.29) is 5.54 Å². The molecule has 0 unspecified atom stereocenters. The number of aryl methyl sites for hydroxylation is 1. The molecule has 1 rings (SSSR count). The lowest BCUT2D eigenvalue weighted by Crippen LogP contribution is -2.37. The summed E-state index contributed by atoms with van der Waals surface area (Å²) in [7, 11) is 0. The Morgan fingerprint density at radius 3 is 2.53 bits per heavy atom. The average molecular weight is 226 g/mol. The highest BCUT2D eigenvalue weighted by Crippen LogP contribution is 2.16. The van der Waals surface area contributed by atoms with Gasteiger partial charge in [0.25, 0.3) is 0 Å². The largest absolute Gasteiger partial charge is 0.308 e. The van der Waals surface area contributed by atoms with E-state index in [0.29, 0.717) is 0 Å². The third kappa shape index (κ3) is 3.84. The first kappa shape index (κ1) is 12.5. The molecule has 1 N–H and O–H groups in total. The van der Waals surface area contributed by atoms with Gasteiger partial charge in [-0.2, -0.15) is 0 Å². The maximum atomic E-state index is 5.91. The maximum Gasteiger partial charge on any atom is 0.0408 e. The Kier molecular flexibility index (Phi) is 4.18. The topological polar surface area (TPSA) is 12.0 Å². The molecule has 1 aromatic carbocycles. The van der Waals surface area contributed by atoms with Crippen LogP contribution in [0.1, 0.15) is 38.3 Å². The lowest BCUT2D eigenvalue weighted by atomic mass is 10.0. The molecule has 0 heterocycles. The number of halogens is 1. The van der Waals surface area contributed by atoms with Crippen LogP contribution in [0.15, 0.2) is 18.2 Å². The summed E-state index contributed by atoms with van der Waals surface area (Å²) >= 11 is 5.91. The van der Waals surface area contributed by atoms with Crippen molar-refractivity contribution in [3.8, 4) is 0 Å². The SMILES string of the molecule is CCC(C)(C)NCc1ccc(Cl)cc1C. The van der Waals surface area contributed by atoms with Crippen LogP contribution in [0.3, 0.4) is 0 Å². The van der Waals surface area contributed by atoms with E-state index in [1.807, 2.05) is 12.1 Å². The van der Waals surface area contributed by atoms with Gasteiger partial charge >= 0.3 is 0 Å². The predicted molar refractivity (Wildman–Crippen MR) is 67.4 cm³/mol. The molecule has 0 aliphatic rings. The summed E-state index contributed by atoms with van der Waals surface area (Å²) in [6.45, 7) is 9.64. The zero-order valence-corrected chi connectivity index (χ0v) is 10.8. The fourth-order valence-electron chi connectivity index (χ4n) is 1.32. The lowest BCUT2D eigenvalue weighted by Gasteiger charge is -2.25. The van der Waals surface area contributed by atoms with Gasteiger partial charge in [-0.05, 0) is 50.5 Å². The van der Waals surface area contributed by atoms with Crippen molar-refractivity contribution in [1.82, 2.24) is 5.32 Å². The fraction of sp³-hybridized carbons (Fsp3) is 0.538. The molecule has 1 aromatic rings. The summed E-state index contributed by atoms with van der Waals surface area (Å²) in [5, 5.41) is 4.35. The third-order valence-corrected chi connectivity index (χ3v) is 3.18. The summed E-state index contributed by atoms with van der Waals surface area (Å²) in [6, 6.07) is 6.05.